The fraction of sp³-hybridized carbons (Fsp3) is 0.625. The Bertz CT molecular complexity index is 197. The molecule has 0 amide bonds. The smallest absolute Gasteiger partial charge is 0.193 e. The molecular formula is C8H10F3N. The highest BCUT2D eigenvalue weighted by Crippen LogP contribution is 2.23. The molecule has 0 aromatic carbocycles. The van der Waals surface area contributed by atoms with E-state index in [2.05, 4.69) is 0 Å². The maximum atomic E-state index is 11.6. The number of allylic oxidation sites excluding steroid dienone is 2. The maximum absolute atomic E-state index is 11.6. The lowest BCUT2D eigenvalue weighted by atomic mass is 10.1. The average molecular weight is 177 g/mol. The second kappa shape index (κ2) is 4.81. The van der Waals surface area contributed by atoms with Gasteiger partial charge in [-0.2, -0.15) is 18.4 Å². The molecule has 0 aliphatic heterocycles. The van der Waals surface area contributed by atoms with E-state index in [-0.39, 0.29) is 6.42 Å². The van der Waals surface area contributed by atoms with E-state index < -0.39 is 12.6 Å². The van der Waals surface area contributed by atoms with Gasteiger partial charge in [-0.3, -0.25) is 0 Å². The quantitative estimate of drug-likeness (QED) is 0.607. The molecule has 0 saturated heterocycles. The second-order valence-electron chi connectivity index (χ2n) is 2.59. The molecule has 0 radical (unpaired) electrons. The topological polar surface area (TPSA) is 23.8 Å². The summed E-state index contributed by atoms with van der Waals surface area (Å²) >= 11 is 0. The third kappa shape index (κ3) is 7.13. The predicted octanol–water partition coefficient (Wildman–Crippen LogP) is 3.19. The van der Waals surface area contributed by atoms with Crippen molar-refractivity contribution < 1.29 is 13.2 Å². The third-order valence-corrected chi connectivity index (χ3v) is 1.34. The lowest BCUT2D eigenvalue weighted by Gasteiger charge is -2.04. The van der Waals surface area contributed by atoms with Gasteiger partial charge in [0.05, 0.1) is 6.07 Å². The van der Waals surface area contributed by atoms with Crippen molar-refractivity contribution in [3.8, 4) is 6.07 Å². The van der Waals surface area contributed by atoms with Crippen molar-refractivity contribution in [2.75, 3.05) is 0 Å². The number of alkyl halides is 3. The minimum atomic E-state index is -4.08. The van der Waals surface area contributed by atoms with Crippen molar-refractivity contribution in [3.63, 3.8) is 0 Å². The van der Waals surface area contributed by atoms with Gasteiger partial charge in [-0.1, -0.05) is 5.57 Å². The van der Waals surface area contributed by atoms with Gasteiger partial charge in [0.2, 0.25) is 0 Å². The van der Waals surface area contributed by atoms with E-state index in [9.17, 15) is 13.2 Å². The molecule has 0 aromatic heterocycles. The number of halogens is 3. The first kappa shape index (κ1) is 11.0. The molecule has 0 aliphatic rings. The van der Waals surface area contributed by atoms with E-state index in [1.807, 2.05) is 0 Å². The van der Waals surface area contributed by atoms with Crippen molar-refractivity contribution in [1.29, 1.82) is 5.26 Å². The molecule has 0 spiro atoms. The van der Waals surface area contributed by atoms with E-state index in [1.54, 1.807) is 13.0 Å². The Balaban J connectivity index is 3.59. The zero-order valence-corrected chi connectivity index (χ0v) is 6.78. The standard InChI is InChI=1S/C8H10F3N/c1-7(4-6-12)3-2-5-8(9,10)11/h4H,2-3,5H2,1H3. The normalized spacial score (nSPS) is 12.8. The molecular weight excluding hydrogens is 167 g/mol. The van der Waals surface area contributed by atoms with Gasteiger partial charge in [-0.15, -0.1) is 0 Å². The number of nitrogens with zero attached hydrogens (tertiary/aromatic N) is 1. The summed E-state index contributed by atoms with van der Waals surface area (Å²) in [7, 11) is 0. The van der Waals surface area contributed by atoms with Gasteiger partial charge in [0.15, 0.2) is 0 Å². The van der Waals surface area contributed by atoms with Crippen LogP contribution in [0.4, 0.5) is 13.2 Å². The molecule has 68 valence electrons. The van der Waals surface area contributed by atoms with Crippen molar-refractivity contribution in [2.24, 2.45) is 0 Å². The summed E-state index contributed by atoms with van der Waals surface area (Å²) in [5.74, 6) is 0. The first-order valence-electron chi connectivity index (χ1n) is 3.58. The minimum Gasteiger partial charge on any atom is -0.193 e. The van der Waals surface area contributed by atoms with E-state index >= 15 is 0 Å². The van der Waals surface area contributed by atoms with Crippen molar-refractivity contribution >= 4 is 0 Å². The Hall–Kier alpha value is -0.980. The highest BCUT2D eigenvalue weighted by Gasteiger charge is 2.25. The van der Waals surface area contributed by atoms with Gasteiger partial charge >= 0.3 is 6.18 Å². The lowest BCUT2D eigenvalue weighted by Crippen LogP contribution is -2.06. The van der Waals surface area contributed by atoms with Gasteiger partial charge in [0, 0.05) is 12.5 Å². The monoisotopic (exact) mass is 177 g/mol. The van der Waals surface area contributed by atoms with Crippen molar-refractivity contribution in [2.45, 2.75) is 32.4 Å². The Morgan fingerprint density at radius 1 is 1.50 bits per heavy atom. The predicted molar refractivity (Wildman–Crippen MR) is 39.3 cm³/mol. The van der Waals surface area contributed by atoms with E-state index in [0.717, 1.165) is 0 Å². The Morgan fingerprint density at radius 2 is 2.08 bits per heavy atom. The summed E-state index contributed by atoms with van der Waals surface area (Å²) in [6.45, 7) is 1.65. The molecule has 0 aromatic rings. The molecule has 1 nitrogen and oxygen atoms in total. The fourth-order valence-electron chi connectivity index (χ4n) is 0.750. The number of hydrogen-bond acceptors (Lipinski definition) is 1. The largest absolute Gasteiger partial charge is 0.389 e. The summed E-state index contributed by atoms with van der Waals surface area (Å²) in [4.78, 5) is 0. The van der Waals surface area contributed by atoms with Crippen LogP contribution in [0.1, 0.15) is 26.2 Å². The summed E-state index contributed by atoms with van der Waals surface area (Å²) in [5, 5.41) is 8.15. The first-order valence-corrected chi connectivity index (χ1v) is 3.58. The van der Waals surface area contributed by atoms with Gasteiger partial charge in [0.1, 0.15) is 0 Å². The summed E-state index contributed by atoms with van der Waals surface area (Å²) in [5.41, 5.74) is 0.696. The average Bonchev–Trinajstić information content (AvgIpc) is 1.84. The molecule has 0 saturated carbocycles. The number of hydrogen-bond donors (Lipinski definition) is 0. The highest BCUT2D eigenvalue weighted by atomic mass is 19.4. The number of rotatable bonds is 3. The molecule has 0 aliphatic carbocycles. The van der Waals surface area contributed by atoms with Crippen LogP contribution < -0.4 is 0 Å². The number of nitriles is 1. The minimum absolute atomic E-state index is 0.0630. The molecule has 0 bridgehead atoms. The van der Waals surface area contributed by atoms with Crippen LogP contribution in [0, 0.1) is 11.3 Å². The molecule has 0 N–H and O–H groups in total. The van der Waals surface area contributed by atoms with Crippen LogP contribution in [0.5, 0.6) is 0 Å². The van der Waals surface area contributed by atoms with Gasteiger partial charge in [0.25, 0.3) is 0 Å². The van der Waals surface area contributed by atoms with Gasteiger partial charge in [-0.05, 0) is 19.8 Å². The SMILES string of the molecule is CC(=CC#N)CCCC(F)(F)F. The molecule has 0 rings (SSSR count). The molecule has 0 heterocycles. The van der Waals surface area contributed by atoms with Gasteiger partial charge < -0.3 is 0 Å². The summed E-state index contributed by atoms with van der Waals surface area (Å²) in [6, 6.07) is 1.77. The van der Waals surface area contributed by atoms with Crippen molar-refractivity contribution in [3.05, 3.63) is 11.6 Å². The highest BCUT2D eigenvalue weighted by molar-refractivity contribution is 5.10. The first-order chi connectivity index (χ1) is 5.45. The summed E-state index contributed by atoms with van der Waals surface area (Å²) < 4.78 is 34.8. The molecule has 4 heteroatoms. The van der Waals surface area contributed by atoms with Crippen LogP contribution in [0.3, 0.4) is 0 Å². The van der Waals surface area contributed by atoms with Crippen molar-refractivity contribution in [1.82, 2.24) is 0 Å². The van der Waals surface area contributed by atoms with Crippen LogP contribution in [-0.4, -0.2) is 6.18 Å². The molecule has 12 heavy (non-hydrogen) atoms. The van der Waals surface area contributed by atoms with E-state index in [0.29, 0.717) is 12.0 Å². The third-order valence-electron chi connectivity index (χ3n) is 1.34. The Morgan fingerprint density at radius 3 is 2.50 bits per heavy atom. The second-order valence-corrected chi connectivity index (χ2v) is 2.59. The van der Waals surface area contributed by atoms with Crippen LogP contribution in [0.2, 0.25) is 0 Å². The van der Waals surface area contributed by atoms with Crippen LogP contribution in [-0.2, 0) is 0 Å². The molecule has 0 atom stereocenters. The summed E-state index contributed by atoms with van der Waals surface area (Å²) in [6.07, 6.45) is -3.17. The zero-order valence-electron chi connectivity index (χ0n) is 6.78. The Kier molecular flexibility index (Phi) is 4.42. The van der Waals surface area contributed by atoms with E-state index in [1.165, 1.54) is 6.08 Å². The van der Waals surface area contributed by atoms with E-state index in [4.69, 9.17) is 5.26 Å². The molecule has 0 fully saturated rings. The lowest BCUT2D eigenvalue weighted by molar-refractivity contribution is -0.135. The van der Waals surface area contributed by atoms with Crippen LogP contribution in [0.15, 0.2) is 11.6 Å². The van der Waals surface area contributed by atoms with Gasteiger partial charge in [-0.25, -0.2) is 0 Å². The fourth-order valence-corrected chi connectivity index (χ4v) is 0.750. The maximum Gasteiger partial charge on any atom is 0.389 e. The Labute approximate surface area is 69.5 Å². The van der Waals surface area contributed by atoms with Crippen LogP contribution >= 0.6 is 0 Å². The zero-order chi connectivity index (χ0) is 9.61. The van der Waals surface area contributed by atoms with Crippen LogP contribution in [0.25, 0.3) is 0 Å². The molecule has 0 unspecified atom stereocenters.